The van der Waals surface area contributed by atoms with E-state index in [9.17, 15) is 0 Å². The van der Waals surface area contributed by atoms with Crippen molar-refractivity contribution >= 4 is 27.4 Å². The molecule has 2 aromatic rings. The molecule has 0 amide bonds. The molecule has 0 fully saturated rings. The fourth-order valence-corrected chi connectivity index (χ4v) is 2.29. The molecule has 0 aliphatic rings. The average Bonchev–Trinajstić information content (AvgIpc) is 2.37. The van der Waals surface area contributed by atoms with Gasteiger partial charge < -0.3 is 10.6 Å². The number of nitrogens with two attached hydrogens (primary N) is 1. The Morgan fingerprint density at radius 2 is 2.17 bits per heavy atom. The number of rotatable bonds is 3. The van der Waals surface area contributed by atoms with Gasteiger partial charge in [-0.3, -0.25) is 0 Å². The van der Waals surface area contributed by atoms with Gasteiger partial charge in [0.05, 0.1) is 10.5 Å². The summed E-state index contributed by atoms with van der Waals surface area (Å²) in [5.74, 6) is 0.861. The number of benzene rings is 1. The van der Waals surface area contributed by atoms with Crippen LogP contribution in [0.25, 0.3) is 0 Å². The second kappa shape index (κ2) is 5.35. The molecule has 2 N–H and O–H groups in total. The number of nitrogens with zero attached hydrogens (tertiary/aromatic N) is 3. The van der Waals surface area contributed by atoms with Crippen LogP contribution in [0.1, 0.15) is 18.5 Å². The maximum atomic E-state index is 5.81. The minimum atomic E-state index is 0.180. The van der Waals surface area contributed by atoms with Crippen LogP contribution >= 0.6 is 15.9 Å². The molecule has 1 unspecified atom stereocenters. The third kappa shape index (κ3) is 2.61. The Morgan fingerprint density at radius 3 is 2.83 bits per heavy atom. The van der Waals surface area contributed by atoms with Gasteiger partial charge in [-0.15, -0.1) is 0 Å². The molecule has 0 bridgehead atoms. The minimum absolute atomic E-state index is 0.180. The van der Waals surface area contributed by atoms with Crippen molar-refractivity contribution in [3.05, 3.63) is 46.8 Å². The van der Waals surface area contributed by atoms with Crippen LogP contribution in [0.3, 0.4) is 0 Å². The number of anilines is 2. The Balaban J connectivity index is 2.29. The standard InChI is InChI=1S/C13H15BrN4/c1-9(10-4-3-5-11(15)6-10)18(2)13-12(14)7-16-8-17-13/h3-9H,15H2,1-2H3. The zero-order valence-electron chi connectivity index (χ0n) is 10.3. The zero-order chi connectivity index (χ0) is 13.1. The van der Waals surface area contributed by atoms with Gasteiger partial charge in [-0.2, -0.15) is 0 Å². The molecule has 1 atom stereocenters. The second-order valence-corrected chi connectivity index (χ2v) is 5.01. The van der Waals surface area contributed by atoms with Crippen molar-refractivity contribution in [1.29, 1.82) is 0 Å². The summed E-state index contributed by atoms with van der Waals surface area (Å²) >= 11 is 3.46. The second-order valence-electron chi connectivity index (χ2n) is 4.15. The van der Waals surface area contributed by atoms with Crippen LogP contribution in [-0.2, 0) is 0 Å². The maximum absolute atomic E-state index is 5.81. The van der Waals surface area contributed by atoms with Gasteiger partial charge >= 0.3 is 0 Å². The molecule has 1 aromatic carbocycles. The van der Waals surface area contributed by atoms with Crippen LogP contribution in [0.4, 0.5) is 11.5 Å². The SMILES string of the molecule is CC(c1cccc(N)c1)N(C)c1ncncc1Br. The first-order valence-electron chi connectivity index (χ1n) is 5.63. The Bertz CT molecular complexity index is 544. The molecule has 0 saturated carbocycles. The first-order valence-corrected chi connectivity index (χ1v) is 6.42. The predicted octanol–water partition coefficient (Wildman–Crippen LogP) is 3.02. The van der Waals surface area contributed by atoms with Gasteiger partial charge in [0.15, 0.2) is 0 Å². The highest BCUT2D eigenvalue weighted by Gasteiger charge is 2.15. The number of hydrogen-bond acceptors (Lipinski definition) is 4. The van der Waals surface area contributed by atoms with E-state index in [1.54, 1.807) is 12.5 Å². The van der Waals surface area contributed by atoms with E-state index < -0.39 is 0 Å². The summed E-state index contributed by atoms with van der Waals surface area (Å²) in [6.07, 6.45) is 3.29. The average molecular weight is 307 g/mol. The smallest absolute Gasteiger partial charge is 0.146 e. The third-order valence-corrected chi connectivity index (χ3v) is 3.52. The van der Waals surface area contributed by atoms with Gasteiger partial charge in [0.2, 0.25) is 0 Å². The summed E-state index contributed by atoms with van der Waals surface area (Å²) in [6.45, 7) is 2.11. The third-order valence-electron chi connectivity index (χ3n) is 2.96. The summed E-state index contributed by atoms with van der Waals surface area (Å²) in [4.78, 5) is 10.3. The van der Waals surface area contributed by atoms with Gasteiger partial charge in [-0.25, -0.2) is 9.97 Å². The normalized spacial score (nSPS) is 12.2. The molecule has 0 radical (unpaired) electrons. The summed E-state index contributed by atoms with van der Waals surface area (Å²) < 4.78 is 0.878. The zero-order valence-corrected chi connectivity index (χ0v) is 11.9. The highest BCUT2D eigenvalue weighted by atomic mass is 79.9. The van der Waals surface area contributed by atoms with Crippen LogP contribution in [-0.4, -0.2) is 17.0 Å². The molecular formula is C13H15BrN4. The number of halogens is 1. The van der Waals surface area contributed by atoms with Crippen LogP contribution in [0, 0.1) is 0 Å². The van der Waals surface area contributed by atoms with E-state index in [0.29, 0.717) is 0 Å². The van der Waals surface area contributed by atoms with Gasteiger partial charge in [-0.1, -0.05) is 12.1 Å². The van der Waals surface area contributed by atoms with E-state index >= 15 is 0 Å². The van der Waals surface area contributed by atoms with Gasteiger partial charge in [0.1, 0.15) is 12.1 Å². The summed E-state index contributed by atoms with van der Waals surface area (Å²) in [6, 6.07) is 8.07. The van der Waals surface area contributed by atoms with Gasteiger partial charge in [-0.05, 0) is 40.5 Å². The fourth-order valence-electron chi connectivity index (χ4n) is 1.79. The van der Waals surface area contributed by atoms with Crippen molar-refractivity contribution in [2.75, 3.05) is 17.7 Å². The van der Waals surface area contributed by atoms with E-state index in [0.717, 1.165) is 21.5 Å². The van der Waals surface area contributed by atoms with Crippen molar-refractivity contribution in [2.24, 2.45) is 0 Å². The lowest BCUT2D eigenvalue weighted by molar-refractivity contribution is 0.725. The van der Waals surface area contributed by atoms with Crippen molar-refractivity contribution < 1.29 is 0 Å². The predicted molar refractivity (Wildman–Crippen MR) is 77.4 cm³/mol. The number of nitrogen functional groups attached to an aromatic ring is 1. The Hall–Kier alpha value is -1.62. The molecule has 1 aromatic heterocycles. The van der Waals surface area contributed by atoms with Crippen LogP contribution < -0.4 is 10.6 Å². The Labute approximate surface area is 115 Å². The fraction of sp³-hybridized carbons (Fsp3) is 0.231. The molecule has 0 spiro atoms. The van der Waals surface area contributed by atoms with Crippen LogP contribution in [0.2, 0.25) is 0 Å². The van der Waals surface area contributed by atoms with E-state index in [4.69, 9.17) is 5.73 Å². The van der Waals surface area contributed by atoms with Gasteiger partial charge in [0, 0.05) is 18.9 Å². The summed E-state index contributed by atoms with van der Waals surface area (Å²) in [7, 11) is 2.00. The van der Waals surface area contributed by atoms with E-state index in [2.05, 4.69) is 43.8 Å². The lowest BCUT2D eigenvalue weighted by Crippen LogP contribution is -2.23. The van der Waals surface area contributed by atoms with Gasteiger partial charge in [0.25, 0.3) is 0 Å². The molecule has 1 heterocycles. The molecule has 0 aliphatic carbocycles. The largest absolute Gasteiger partial charge is 0.399 e. The number of hydrogen-bond donors (Lipinski definition) is 1. The molecule has 18 heavy (non-hydrogen) atoms. The summed E-state index contributed by atoms with van der Waals surface area (Å²) in [5, 5.41) is 0. The first kappa shape index (κ1) is 12.8. The quantitative estimate of drug-likeness (QED) is 0.886. The number of aromatic nitrogens is 2. The van der Waals surface area contributed by atoms with Crippen LogP contribution in [0.15, 0.2) is 41.3 Å². The minimum Gasteiger partial charge on any atom is -0.399 e. The first-order chi connectivity index (χ1) is 8.59. The topological polar surface area (TPSA) is 55.0 Å². The van der Waals surface area contributed by atoms with E-state index in [1.165, 1.54) is 0 Å². The monoisotopic (exact) mass is 306 g/mol. The molecule has 94 valence electrons. The Kier molecular flexibility index (Phi) is 3.81. The highest BCUT2D eigenvalue weighted by molar-refractivity contribution is 9.10. The molecule has 4 nitrogen and oxygen atoms in total. The molecule has 2 rings (SSSR count). The van der Waals surface area contributed by atoms with Crippen molar-refractivity contribution in [3.8, 4) is 0 Å². The highest BCUT2D eigenvalue weighted by Crippen LogP contribution is 2.29. The molecule has 5 heteroatoms. The Morgan fingerprint density at radius 1 is 1.39 bits per heavy atom. The van der Waals surface area contributed by atoms with E-state index in [-0.39, 0.29) is 6.04 Å². The molecule has 0 aliphatic heterocycles. The van der Waals surface area contributed by atoms with Crippen molar-refractivity contribution in [1.82, 2.24) is 9.97 Å². The van der Waals surface area contributed by atoms with Crippen LogP contribution in [0.5, 0.6) is 0 Å². The van der Waals surface area contributed by atoms with Crippen molar-refractivity contribution in [3.63, 3.8) is 0 Å². The summed E-state index contributed by atoms with van der Waals surface area (Å²) in [5.41, 5.74) is 7.74. The lowest BCUT2D eigenvalue weighted by Gasteiger charge is -2.27. The maximum Gasteiger partial charge on any atom is 0.146 e. The van der Waals surface area contributed by atoms with E-state index in [1.807, 2.05) is 25.2 Å². The lowest BCUT2D eigenvalue weighted by atomic mass is 10.1. The molecule has 0 saturated heterocycles. The molecular weight excluding hydrogens is 292 g/mol. The van der Waals surface area contributed by atoms with Crippen molar-refractivity contribution in [2.45, 2.75) is 13.0 Å².